The number of para-hydroxylation sites is 1. The van der Waals surface area contributed by atoms with Crippen molar-refractivity contribution < 1.29 is 0 Å². The standard InChI is InChI=1S/C17H15N5S/c18-12-13-4-3-7-19-16(13)21-8-10-22(11-9-21)17-20-14-5-1-2-6-15(14)23-17/h1-7H,8-11H2. The van der Waals surface area contributed by atoms with E-state index in [2.05, 4.69) is 33.0 Å². The summed E-state index contributed by atoms with van der Waals surface area (Å²) < 4.78 is 1.22. The molecule has 0 N–H and O–H groups in total. The number of nitriles is 1. The molecule has 1 aliphatic rings. The molecule has 0 unspecified atom stereocenters. The Balaban J connectivity index is 1.52. The predicted octanol–water partition coefficient (Wildman–Crippen LogP) is 2.89. The number of hydrogen-bond acceptors (Lipinski definition) is 6. The number of benzene rings is 1. The van der Waals surface area contributed by atoms with Crippen molar-refractivity contribution in [3.05, 3.63) is 48.2 Å². The summed E-state index contributed by atoms with van der Waals surface area (Å²) in [6, 6.07) is 14.1. The third-order valence-corrected chi connectivity index (χ3v) is 5.14. The molecule has 1 aliphatic heterocycles. The van der Waals surface area contributed by atoms with Crippen LogP contribution in [0, 0.1) is 11.3 Å². The Morgan fingerprint density at radius 1 is 1.00 bits per heavy atom. The summed E-state index contributed by atoms with van der Waals surface area (Å²) in [6.07, 6.45) is 1.75. The van der Waals surface area contributed by atoms with Crippen molar-refractivity contribution in [2.45, 2.75) is 0 Å². The highest BCUT2D eigenvalue weighted by Gasteiger charge is 2.22. The molecule has 0 amide bonds. The van der Waals surface area contributed by atoms with E-state index in [9.17, 15) is 5.26 Å². The molecule has 2 aromatic heterocycles. The summed E-state index contributed by atoms with van der Waals surface area (Å²) in [5.74, 6) is 0.791. The normalized spacial score (nSPS) is 14.9. The summed E-state index contributed by atoms with van der Waals surface area (Å²) in [4.78, 5) is 13.6. The number of thiazole rings is 1. The van der Waals surface area contributed by atoms with Crippen molar-refractivity contribution in [2.24, 2.45) is 0 Å². The number of nitrogens with zero attached hydrogens (tertiary/aromatic N) is 5. The van der Waals surface area contributed by atoms with Gasteiger partial charge in [0.2, 0.25) is 0 Å². The van der Waals surface area contributed by atoms with Crippen LogP contribution in [0.4, 0.5) is 10.9 Å². The van der Waals surface area contributed by atoms with Crippen LogP contribution < -0.4 is 9.80 Å². The average molecular weight is 321 g/mol. The van der Waals surface area contributed by atoms with Gasteiger partial charge in [0, 0.05) is 32.4 Å². The zero-order valence-electron chi connectivity index (χ0n) is 12.5. The van der Waals surface area contributed by atoms with Gasteiger partial charge in [-0.3, -0.25) is 0 Å². The predicted molar refractivity (Wildman–Crippen MR) is 93.0 cm³/mol. The van der Waals surface area contributed by atoms with Crippen LogP contribution in [0.15, 0.2) is 42.6 Å². The molecule has 1 fully saturated rings. The number of piperazine rings is 1. The number of anilines is 2. The minimum Gasteiger partial charge on any atom is -0.352 e. The van der Waals surface area contributed by atoms with E-state index >= 15 is 0 Å². The van der Waals surface area contributed by atoms with Crippen molar-refractivity contribution >= 4 is 32.5 Å². The van der Waals surface area contributed by atoms with E-state index in [0.717, 1.165) is 42.6 Å². The highest BCUT2D eigenvalue weighted by Crippen LogP contribution is 2.29. The molecule has 0 bridgehead atoms. The molecular formula is C17H15N5S. The van der Waals surface area contributed by atoms with E-state index in [1.165, 1.54) is 4.70 Å². The summed E-state index contributed by atoms with van der Waals surface area (Å²) in [7, 11) is 0. The van der Waals surface area contributed by atoms with Crippen molar-refractivity contribution in [1.29, 1.82) is 5.26 Å². The zero-order valence-corrected chi connectivity index (χ0v) is 13.3. The second-order valence-corrected chi connectivity index (χ2v) is 6.43. The van der Waals surface area contributed by atoms with Gasteiger partial charge in [-0.15, -0.1) is 0 Å². The van der Waals surface area contributed by atoms with Gasteiger partial charge in [-0.05, 0) is 24.3 Å². The first-order valence-corrected chi connectivity index (χ1v) is 8.37. The van der Waals surface area contributed by atoms with Crippen LogP contribution in [0.2, 0.25) is 0 Å². The number of fused-ring (bicyclic) bond motifs is 1. The molecule has 23 heavy (non-hydrogen) atoms. The van der Waals surface area contributed by atoms with Gasteiger partial charge in [-0.1, -0.05) is 23.5 Å². The maximum absolute atomic E-state index is 9.22. The maximum Gasteiger partial charge on any atom is 0.186 e. The Labute approximate surface area is 138 Å². The number of hydrogen-bond donors (Lipinski definition) is 0. The second-order valence-electron chi connectivity index (χ2n) is 5.42. The topological polar surface area (TPSA) is 56.1 Å². The maximum atomic E-state index is 9.22. The second kappa shape index (κ2) is 5.86. The van der Waals surface area contributed by atoms with Gasteiger partial charge < -0.3 is 9.80 Å². The fourth-order valence-electron chi connectivity index (χ4n) is 2.84. The summed E-state index contributed by atoms with van der Waals surface area (Å²) >= 11 is 1.74. The largest absolute Gasteiger partial charge is 0.352 e. The van der Waals surface area contributed by atoms with Crippen LogP contribution in [-0.2, 0) is 0 Å². The lowest BCUT2D eigenvalue weighted by atomic mass is 10.2. The van der Waals surface area contributed by atoms with Crippen molar-refractivity contribution in [3.8, 4) is 6.07 Å². The first-order chi connectivity index (χ1) is 11.3. The monoisotopic (exact) mass is 321 g/mol. The van der Waals surface area contributed by atoms with E-state index in [0.29, 0.717) is 5.56 Å². The van der Waals surface area contributed by atoms with E-state index in [1.807, 2.05) is 18.2 Å². The number of aromatic nitrogens is 2. The van der Waals surface area contributed by atoms with Gasteiger partial charge in [-0.25, -0.2) is 9.97 Å². The average Bonchev–Trinajstić information content (AvgIpc) is 3.06. The summed E-state index contributed by atoms with van der Waals surface area (Å²) in [5, 5.41) is 10.3. The van der Waals surface area contributed by atoms with Crippen molar-refractivity contribution in [3.63, 3.8) is 0 Å². The minimum atomic E-state index is 0.640. The molecule has 1 saturated heterocycles. The first-order valence-electron chi connectivity index (χ1n) is 7.56. The van der Waals surface area contributed by atoms with E-state index < -0.39 is 0 Å². The molecule has 1 aromatic carbocycles. The molecule has 3 heterocycles. The molecule has 0 saturated carbocycles. The van der Waals surface area contributed by atoms with Crippen molar-refractivity contribution in [2.75, 3.05) is 36.0 Å². The number of pyridine rings is 1. The molecular weight excluding hydrogens is 306 g/mol. The van der Waals surface area contributed by atoms with Gasteiger partial charge in [-0.2, -0.15) is 5.26 Å². The summed E-state index contributed by atoms with van der Waals surface area (Å²) in [6.45, 7) is 3.48. The fraction of sp³-hybridized carbons (Fsp3) is 0.235. The van der Waals surface area contributed by atoms with Crippen molar-refractivity contribution in [1.82, 2.24) is 9.97 Å². The Morgan fingerprint density at radius 2 is 1.78 bits per heavy atom. The van der Waals surface area contributed by atoms with Gasteiger partial charge in [0.15, 0.2) is 5.13 Å². The van der Waals surface area contributed by atoms with Crippen LogP contribution in [0.3, 0.4) is 0 Å². The number of rotatable bonds is 2. The highest BCUT2D eigenvalue weighted by atomic mass is 32.1. The quantitative estimate of drug-likeness (QED) is 0.726. The van der Waals surface area contributed by atoms with E-state index in [-0.39, 0.29) is 0 Å². The smallest absolute Gasteiger partial charge is 0.186 e. The molecule has 3 aromatic rings. The fourth-order valence-corrected chi connectivity index (χ4v) is 3.86. The molecule has 4 rings (SSSR count). The van der Waals surface area contributed by atoms with Crippen LogP contribution in [0.25, 0.3) is 10.2 Å². The molecule has 6 heteroatoms. The van der Waals surface area contributed by atoms with Gasteiger partial charge in [0.25, 0.3) is 0 Å². The van der Waals surface area contributed by atoms with Crippen LogP contribution in [0.1, 0.15) is 5.56 Å². The van der Waals surface area contributed by atoms with Crippen LogP contribution in [-0.4, -0.2) is 36.1 Å². The minimum absolute atomic E-state index is 0.640. The summed E-state index contributed by atoms with van der Waals surface area (Å²) in [5.41, 5.74) is 1.70. The Bertz CT molecular complexity index is 841. The highest BCUT2D eigenvalue weighted by molar-refractivity contribution is 7.22. The Morgan fingerprint density at radius 3 is 2.57 bits per heavy atom. The molecule has 0 radical (unpaired) electrons. The SMILES string of the molecule is N#Cc1cccnc1N1CCN(c2nc3ccccc3s2)CC1. The Kier molecular flexibility index (Phi) is 3.56. The van der Waals surface area contributed by atoms with E-state index in [4.69, 9.17) is 4.98 Å². The van der Waals surface area contributed by atoms with Gasteiger partial charge in [0.05, 0.1) is 15.8 Å². The van der Waals surface area contributed by atoms with Crippen LogP contribution >= 0.6 is 11.3 Å². The van der Waals surface area contributed by atoms with Crippen LogP contribution in [0.5, 0.6) is 0 Å². The Hall–Kier alpha value is -2.65. The molecule has 114 valence electrons. The third kappa shape index (κ3) is 2.60. The lowest BCUT2D eigenvalue weighted by molar-refractivity contribution is 0.646. The lowest BCUT2D eigenvalue weighted by Crippen LogP contribution is -2.47. The van der Waals surface area contributed by atoms with E-state index in [1.54, 1.807) is 23.6 Å². The molecule has 0 spiro atoms. The lowest BCUT2D eigenvalue weighted by Gasteiger charge is -2.35. The molecule has 0 aliphatic carbocycles. The molecule has 0 atom stereocenters. The zero-order chi connectivity index (χ0) is 15.6. The van der Waals surface area contributed by atoms with Gasteiger partial charge >= 0.3 is 0 Å². The molecule has 5 nitrogen and oxygen atoms in total. The first kappa shape index (κ1) is 14.0. The third-order valence-electron chi connectivity index (χ3n) is 4.04. The van der Waals surface area contributed by atoms with Gasteiger partial charge in [0.1, 0.15) is 11.9 Å².